The van der Waals surface area contributed by atoms with Gasteiger partial charge in [0.15, 0.2) is 0 Å². The molecule has 5 rings (SSSR count). The molecule has 0 saturated carbocycles. The van der Waals surface area contributed by atoms with E-state index in [0.29, 0.717) is 23.0 Å². The number of rotatable bonds is 7. The average molecular weight is 583 g/mol. The van der Waals surface area contributed by atoms with Crippen LogP contribution in [0, 0.1) is 11.8 Å². The first-order valence-electron chi connectivity index (χ1n) is 15.2. The number of ether oxygens (including phenoxy) is 2. The van der Waals surface area contributed by atoms with Crippen LogP contribution in [0.2, 0.25) is 0 Å². The summed E-state index contributed by atoms with van der Waals surface area (Å²) in [6, 6.07) is 4.33. The van der Waals surface area contributed by atoms with E-state index in [4.69, 9.17) is 9.47 Å². The molecule has 0 bridgehead atoms. The fourth-order valence-electron chi connectivity index (χ4n) is 6.24. The largest absolute Gasteiger partial charge is 0.444 e. The lowest BCUT2D eigenvalue weighted by Gasteiger charge is -2.34. The summed E-state index contributed by atoms with van der Waals surface area (Å²) in [5, 5.41) is 2.23. The van der Waals surface area contributed by atoms with Crippen LogP contribution in [0.15, 0.2) is 18.2 Å². The van der Waals surface area contributed by atoms with E-state index in [1.54, 1.807) is 17.0 Å². The standard InChI is InChI=1S/C31H42N4O7/c1-31(2,3)42-30(40)34-15-8-20(9-16-34)12-17-41-19-21-10-13-33(14-11-21)22-4-5-23-24(18-22)29(39)35(28(23)38)25-6-7-26(36)32-27(25)37/h4-5,18,20-21,25H,6-17,19H2,1-3H3,(H,32,36,37). The van der Waals surface area contributed by atoms with Gasteiger partial charge in [-0.15, -0.1) is 0 Å². The van der Waals surface area contributed by atoms with Crippen molar-refractivity contribution in [1.82, 2.24) is 15.1 Å². The molecule has 0 aromatic heterocycles. The van der Waals surface area contributed by atoms with Crippen molar-refractivity contribution in [1.29, 1.82) is 0 Å². The monoisotopic (exact) mass is 582 g/mol. The number of fused-ring (bicyclic) bond motifs is 1. The number of hydrogen-bond donors (Lipinski definition) is 1. The van der Waals surface area contributed by atoms with E-state index in [0.717, 1.165) is 82.1 Å². The van der Waals surface area contributed by atoms with Gasteiger partial charge in [-0.25, -0.2) is 4.79 Å². The summed E-state index contributed by atoms with van der Waals surface area (Å²) in [7, 11) is 0. The van der Waals surface area contributed by atoms with Crippen molar-refractivity contribution in [3.8, 4) is 0 Å². The van der Waals surface area contributed by atoms with Crippen molar-refractivity contribution in [2.45, 2.75) is 77.4 Å². The summed E-state index contributed by atoms with van der Waals surface area (Å²) < 4.78 is 11.5. The van der Waals surface area contributed by atoms with Crippen LogP contribution in [0.5, 0.6) is 0 Å². The van der Waals surface area contributed by atoms with Crippen LogP contribution in [0.4, 0.5) is 10.5 Å². The van der Waals surface area contributed by atoms with Gasteiger partial charge in [-0.3, -0.25) is 29.4 Å². The predicted molar refractivity (Wildman–Crippen MR) is 154 cm³/mol. The molecule has 11 heteroatoms. The number of benzene rings is 1. The van der Waals surface area contributed by atoms with Crippen LogP contribution >= 0.6 is 0 Å². The number of nitrogens with zero attached hydrogens (tertiary/aromatic N) is 3. The highest BCUT2D eigenvalue weighted by atomic mass is 16.6. The average Bonchev–Trinajstić information content (AvgIpc) is 3.20. The second-order valence-corrected chi connectivity index (χ2v) is 12.9. The normalized spacial score (nSPS) is 22.5. The third-order valence-electron chi connectivity index (χ3n) is 8.69. The van der Waals surface area contributed by atoms with Crippen molar-refractivity contribution in [2.75, 3.05) is 44.3 Å². The van der Waals surface area contributed by atoms with Crippen molar-refractivity contribution >= 4 is 35.4 Å². The molecule has 1 aromatic carbocycles. The van der Waals surface area contributed by atoms with Gasteiger partial charge in [0.2, 0.25) is 11.8 Å². The van der Waals surface area contributed by atoms with Gasteiger partial charge < -0.3 is 19.3 Å². The number of imide groups is 2. The minimum Gasteiger partial charge on any atom is -0.444 e. The Morgan fingerprint density at radius 3 is 2.24 bits per heavy atom. The van der Waals surface area contributed by atoms with E-state index in [9.17, 15) is 24.0 Å². The third kappa shape index (κ3) is 6.77. The summed E-state index contributed by atoms with van der Waals surface area (Å²) in [5.41, 5.74) is 1.02. The predicted octanol–water partition coefficient (Wildman–Crippen LogP) is 3.36. The van der Waals surface area contributed by atoms with Gasteiger partial charge in [0.05, 0.1) is 11.1 Å². The lowest BCUT2D eigenvalue weighted by Crippen LogP contribution is -2.54. The lowest BCUT2D eigenvalue weighted by molar-refractivity contribution is -0.136. The van der Waals surface area contributed by atoms with E-state index in [-0.39, 0.29) is 24.8 Å². The fourth-order valence-corrected chi connectivity index (χ4v) is 6.24. The Hall–Kier alpha value is -3.47. The molecule has 1 N–H and O–H groups in total. The second kappa shape index (κ2) is 12.4. The molecular formula is C31H42N4O7. The minimum atomic E-state index is -0.959. The maximum atomic E-state index is 13.2. The van der Waals surface area contributed by atoms with Crippen LogP contribution in [0.25, 0.3) is 0 Å². The molecule has 1 aromatic rings. The zero-order valence-electron chi connectivity index (χ0n) is 24.9. The van der Waals surface area contributed by atoms with E-state index in [1.165, 1.54) is 0 Å². The van der Waals surface area contributed by atoms with Crippen LogP contribution in [-0.4, -0.2) is 90.6 Å². The third-order valence-corrected chi connectivity index (χ3v) is 8.69. The van der Waals surface area contributed by atoms with Crippen molar-refractivity contribution in [3.63, 3.8) is 0 Å². The molecule has 0 aliphatic carbocycles. The van der Waals surface area contributed by atoms with Gasteiger partial charge in [0, 0.05) is 51.5 Å². The Morgan fingerprint density at radius 1 is 0.905 bits per heavy atom. The molecule has 1 unspecified atom stereocenters. The van der Waals surface area contributed by atoms with Crippen LogP contribution < -0.4 is 10.2 Å². The highest BCUT2D eigenvalue weighted by Gasteiger charge is 2.44. The van der Waals surface area contributed by atoms with Crippen molar-refractivity contribution in [2.24, 2.45) is 11.8 Å². The van der Waals surface area contributed by atoms with Gasteiger partial charge in [-0.2, -0.15) is 0 Å². The molecule has 4 heterocycles. The first-order chi connectivity index (χ1) is 20.0. The number of likely N-dealkylation sites (tertiary alicyclic amines) is 1. The molecule has 3 fully saturated rings. The van der Waals surface area contributed by atoms with E-state index in [1.807, 2.05) is 26.8 Å². The molecule has 228 valence electrons. The molecular weight excluding hydrogens is 540 g/mol. The number of amides is 5. The maximum absolute atomic E-state index is 13.2. The summed E-state index contributed by atoms with van der Waals surface area (Å²) in [6.07, 6.45) is 4.91. The van der Waals surface area contributed by atoms with Crippen LogP contribution in [-0.2, 0) is 19.1 Å². The number of hydrogen-bond acceptors (Lipinski definition) is 8. The zero-order chi connectivity index (χ0) is 30.0. The Balaban J connectivity index is 1.03. The molecule has 11 nitrogen and oxygen atoms in total. The van der Waals surface area contributed by atoms with Crippen LogP contribution in [0.1, 0.15) is 86.4 Å². The Kier molecular flexibility index (Phi) is 8.86. The number of nitrogens with one attached hydrogen (secondary N) is 1. The van der Waals surface area contributed by atoms with Gasteiger partial charge in [-0.1, -0.05) is 0 Å². The minimum absolute atomic E-state index is 0.100. The number of anilines is 1. The molecule has 4 aliphatic rings. The summed E-state index contributed by atoms with van der Waals surface area (Å²) >= 11 is 0. The number of carbonyl (C=O) groups excluding carboxylic acids is 5. The van der Waals surface area contributed by atoms with E-state index in [2.05, 4.69) is 10.2 Å². The topological polar surface area (TPSA) is 126 Å². The fraction of sp³-hybridized carbons (Fsp3) is 0.645. The van der Waals surface area contributed by atoms with Gasteiger partial charge in [0.25, 0.3) is 11.8 Å². The number of carbonyl (C=O) groups is 5. The molecule has 3 saturated heterocycles. The first-order valence-corrected chi connectivity index (χ1v) is 15.2. The number of piperidine rings is 3. The zero-order valence-corrected chi connectivity index (χ0v) is 24.9. The lowest BCUT2D eigenvalue weighted by atomic mass is 9.94. The smallest absolute Gasteiger partial charge is 0.410 e. The molecule has 4 aliphatic heterocycles. The Bertz CT molecular complexity index is 1230. The second-order valence-electron chi connectivity index (χ2n) is 12.9. The maximum Gasteiger partial charge on any atom is 0.410 e. The molecule has 1 atom stereocenters. The molecule has 0 spiro atoms. The Morgan fingerprint density at radius 2 is 1.57 bits per heavy atom. The summed E-state index contributed by atoms with van der Waals surface area (Å²) in [6.45, 7) is 10.2. The van der Waals surface area contributed by atoms with Crippen molar-refractivity contribution in [3.05, 3.63) is 29.3 Å². The Labute approximate surface area is 246 Å². The molecule has 5 amide bonds. The molecule has 0 radical (unpaired) electrons. The van der Waals surface area contributed by atoms with E-state index < -0.39 is 29.4 Å². The summed E-state index contributed by atoms with van der Waals surface area (Å²) in [5.74, 6) is -0.928. The van der Waals surface area contributed by atoms with E-state index >= 15 is 0 Å². The highest BCUT2D eigenvalue weighted by Crippen LogP contribution is 2.32. The summed E-state index contributed by atoms with van der Waals surface area (Å²) in [4.78, 5) is 67.2. The SMILES string of the molecule is CC(C)(C)OC(=O)N1CCC(CCOCC2CCN(c3ccc4c(c3)C(=O)N(C3CCC(=O)NC3=O)C4=O)CC2)CC1. The quantitative estimate of drug-likeness (QED) is 0.383. The molecule has 42 heavy (non-hydrogen) atoms. The van der Waals surface area contributed by atoms with Gasteiger partial charge in [-0.05, 0) is 89.3 Å². The highest BCUT2D eigenvalue weighted by molar-refractivity contribution is 6.23. The van der Waals surface area contributed by atoms with Crippen molar-refractivity contribution < 1.29 is 33.4 Å². The van der Waals surface area contributed by atoms with Gasteiger partial charge >= 0.3 is 6.09 Å². The van der Waals surface area contributed by atoms with Crippen LogP contribution in [0.3, 0.4) is 0 Å². The van der Waals surface area contributed by atoms with Gasteiger partial charge in [0.1, 0.15) is 11.6 Å². The first kappa shape index (κ1) is 30.0.